The van der Waals surface area contributed by atoms with Gasteiger partial charge in [0.15, 0.2) is 6.61 Å². The Bertz CT molecular complexity index is 632. The number of carbonyl (C=O) groups excluding carboxylic acids is 1. The Labute approximate surface area is 131 Å². The summed E-state index contributed by atoms with van der Waals surface area (Å²) in [6.07, 6.45) is 1.06. The van der Waals surface area contributed by atoms with Crippen molar-refractivity contribution in [2.24, 2.45) is 0 Å². The molecular formula is C14H16N2O7. The van der Waals surface area contributed by atoms with Crippen LogP contribution >= 0.6 is 0 Å². The molecule has 0 spiro atoms. The second-order valence-corrected chi connectivity index (χ2v) is 4.96. The van der Waals surface area contributed by atoms with Gasteiger partial charge in [-0.15, -0.1) is 0 Å². The van der Waals surface area contributed by atoms with Crippen molar-refractivity contribution in [2.45, 2.75) is 18.9 Å². The van der Waals surface area contributed by atoms with Gasteiger partial charge in [0.1, 0.15) is 11.8 Å². The number of carboxylic acid groups (broad SMARTS) is 1. The molecule has 1 aliphatic heterocycles. The molecule has 0 aliphatic carbocycles. The van der Waals surface area contributed by atoms with Crippen LogP contribution < -0.4 is 9.47 Å². The quantitative estimate of drug-likeness (QED) is 0.613. The third kappa shape index (κ3) is 3.68. The number of methoxy groups -OCH3 is 1. The summed E-state index contributed by atoms with van der Waals surface area (Å²) >= 11 is 0. The van der Waals surface area contributed by atoms with E-state index in [2.05, 4.69) is 0 Å². The van der Waals surface area contributed by atoms with E-state index in [0.29, 0.717) is 19.4 Å². The monoisotopic (exact) mass is 324 g/mol. The second-order valence-electron chi connectivity index (χ2n) is 4.96. The van der Waals surface area contributed by atoms with E-state index in [-0.39, 0.29) is 23.8 Å². The molecule has 0 unspecified atom stereocenters. The highest BCUT2D eigenvalue weighted by Crippen LogP contribution is 2.30. The van der Waals surface area contributed by atoms with Crippen LogP contribution in [0.2, 0.25) is 0 Å². The smallest absolute Gasteiger partial charge is 0.326 e. The summed E-state index contributed by atoms with van der Waals surface area (Å²) in [4.78, 5) is 34.6. The van der Waals surface area contributed by atoms with E-state index in [9.17, 15) is 19.7 Å². The Morgan fingerprint density at radius 1 is 1.48 bits per heavy atom. The topological polar surface area (TPSA) is 119 Å². The van der Waals surface area contributed by atoms with E-state index in [1.165, 1.54) is 30.2 Å². The van der Waals surface area contributed by atoms with Gasteiger partial charge in [-0.3, -0.25) is 14.9 Å². The van der Waals surface area contributed by atoms with Crippen molar-refractivity contribution in [1.29, 1.82) is 0 Å². The fraction of sp³-hybridized carbons (Fsp3) is 0.429. The lowest BCUT2D eigenvalue weighted by atomic mass is 10.2. The number of nitrogens with zero attached hydrogens (tertiary/aromatic N) is 2. The van der Waals surface area contributed by atoms with Crippen LogP contribution in [0.1, 0.15) is 12.8 Å². The first-order valence-corrected chi connectivity index (χ1v) is 6.91. The van der Waals surface area contributed by atoms with Crippen LogP contribution in [0.4, 0.5) is 5.69 Å². The predicted octanol–water partition coefficient (Wildman–Crippen LogP) is 1.06. The molecule has 9 heteroatoms. The minimum atomic E-state index is -1.03. The zero-order valence-corrected chi connectivity index (χ0v) is 12.4. The molecule has 1 aromatic carbocycles. The molecule has 0 saturated carbocycles. The molecule has 23 heavy (non-hydrogen) atoms. The van der Waals surface area contributed by atoms with Crippen LogP contribution in [-0.4, -0.2) is 53.1 Å². The van der Waals surface area contributed by atoms with Crippen LogP contribution in [0.3, 0.4) is 0 Å². The number of carbonyl (C=O) groups is 2. The molecule has 0 aromatic heterocycles. The van der Waals surface area contributed by atoms with E-state index in [1.54, 1.807) is 0 Å². The van der Waals surface area contributed by atoms with E-state index >= 15 is 0 Å². The van der Waals surface area contributed by atoms with Crippen molar-refractivity contribution in [3.8, 4) is 11.5 Å². The van der Waals surface area contributed by atoms with Gasteiger partial charge in [-0.25, -0.2) is 4.79 Å². The summed E-state index contributed by atoms with van der Waals surface area (Å²) in [6.45, 7) is 0.0352. The summed E-state index contributed by atoms with van der Waals surface area (Å²) in [5.74, 6) is -1.23. The van der Waals surface area contributed by atoms with Gasteiger partial charge < -0.3 is 19.5 Å². The first kappa shape index (κ1) is 16.5. The molecule has 1 aromatic rings. The highest BCUT2D eigenvalue weighted by atomic mass is 16.6. The lowest BCUT2D eigenvalue weighted by molar-refractivity contribution is -0.385. The van der Waals surface area contributed by atoms with E-state index in [4.69, 9.17) is 14.6 Å². The van der Waals surface area contributed by atoms with Gasteiger partial charge in [-0.2, -0.15) is 0 Å². The second kappa shape index (κ2) is 6.95. The maximum Gasteiger partial charge on any atom is 0.326 e. The molecule has 1 N–H and O–H groups in total. The number of carboxylic acids is 1. The van der Waals surface area contributed by atoms with Crippen LogP contribution in [0.5, 0.6) is 11.5 Å². The first-order chi connectivity index (χ1) is 10.9. The van der Waals surface area contributed by atoms with Crippen LogP contribution in [0.15, 0.2) is 18.2 Å². The fourth-order valence-corrected chi connectivity index (χ4v) is 2.45. The highest BCUT2D eigenvalue weighted by Gasteiger charge is 2.34. The minimum Gasteiger partial charge on any atom is -0.490 e. The Hall–Kier alpha value is -2.84. The standard InChI is InChI=1S/C14H16N2O7/c1-22-12-7-9(4-5-10(12)16(20)21)23-8-13(17)15-6-2-3-11(15)14(18)19/h4-5,7,11H,2-3,6,8H2,1H3,(H,18,19)/t11-/m1/s1. The van der Waals surface area contributed by atoms with Gasteiger partial charge in [-0.05, 0) is 18.9 Å². The van der Waals surface area contributed by atoms with Gasteiger partial charge in [0.25, 0.3) is 5.91 Å². The molecule has 9 nitrogen and oxygen atoms in total. The van der Waals surface area contributed by atoms with Crippen molar-refractivity contribution in [2.75, 3.05) is 20.3 Å². The summed E-state index contributed by atoms with van der Waals surface area (Å²) < 4.78 is 10.2. The number of hydrogen-bond donors (Lipinski definition) is 1. The van der Waals surface area contributed by atoms with Gasteiger partial charge >= 0.3 is 11.7 Å². The molecule has 1 amide bonds. The molecule has 1 saturated heterocycles. The lowest BCUT2D eigenvalue weighted by Gasteiger charge is -2.21. The SMILES string of the molecule is COc1cc(OCC(=O)N2CCC[C@@H]2C(=O)O)ccc1[N+](=O)[O-]. The Balaban J connectivity index is 2.02. The lowest BCUT2D eigenvalue weighted by Crippen LogP contribution is -2.42. The third-order valence-electron chi connectivity index (χ3n) is 3.57. The van der Waals surface area contributed by atoms with Crippen molar-refractivity contribution >= 4 is 17.6 Å². The molecule has 1 fully saturated rings. The summed E-state index contributed by atoms with van der Waals surface area (Å²) in [6, 6.07) is 3.06. The van der Waals surface area contributed by atoms with Crippen molar-refractivity contribution in [3.05, 3.63) is 28.3 Å². The maximum absolute atomic E-state index is 12.1. The number of nitro groups is 1. The van der Waals surface area contributed by atoms with Gasteiger partial charge in [0, 0.05) is 18.7 Å². The molecule has 1 aliphatic rings. The first-order valence-electron chi connectivity index (χ1n) is 6.91. The third-order valence-corrected chi connectivity index (χ3v) is 3.57. The molecule has 0 bridgehead atoms. The number of likely N-dealkylation sites (tertiary alicyclic amines) is 1. The largest absolute Gasteiger partial charge is 0.490 e. The number of rotatable bonds is 6. The zero-order chi connectivity index (χ0) is 17.0. The summed E-state index contributed by atoms with van der Waals surface area (Å²) in [5.41, 5.74) is -0.211. The van der Waals surface area contributed by atoms with Crippen molar-refractivity contribution < 1.29 is 29.1 Å². The Morgan fingerprint density at radius 3 is 2.83 bits per heavy atom. The van der Waals surface area contributed by atoms with E-state index < -0.39 is 22.8 Å². The van der Waals surface area contributed by atoms with Crippen LogP contribution in [0.25, 0.3) is 0 Å². The van der Waals surface area contributed by atoms with Crippen LogP contribution in [-0.2, 0) is 9.59 Å². The van der Waals surface area contributed by atoms with Crippen molar-refractivity contribution in [3.63, 3.8) is 0 Å². The average molecular weight is 324 g/mol. The molecule has 124 valence electrons. The molecule has 2 rings (SSSR count). The average Bonchev–Trinajstić information content (AvgIpc) is 3.02. The molecule has 1 heterocycles. The van der Waals surface area contributed by atoms with E-state index in [0.717, 1.165) is 0 Å². The van der Waals surface area contributed by atoms with Crippen LogP contribution in [0, 0.1) is 10.1 Å². The molecule has 1 atom stereocenters. The summed E-state index contributed by atoms with van der Waals surface area (Å²) in [5, 5.41) is 19.9. The minimum absolute atomic E-state index is 0.0181. The molecular weight excluding hydrogens is 308 g/mol. The number of aliphatic carboxylic acids is 1. The number of amides is 1. The molecule has 0 radical (unpaired) electrons. The van der Waals surface area contributed by atoms with Gasteiger partial charge in [-0.1, -0.05) is 0 Å². The van der Waals surface area contributed by atoms with E-state index in [1.807, 2.05) is 0 Å². The maximum atomic E-state index is 12.1. The zero-order valence-electron chi connectivity index (χ0n) is 12.4. The number of benzene rings is 1. The Kier molecular flexibility index (Phi) is 4.99. The van der Waals surface area contributed by atoms with Gasteiger partial charge in [0.05, 0.1) is 12.0 Å². The highest BCUT2D eigenvalue weighted by molar-refractivity contribution is 5.85. The fourth-order valence-electron chi connectivity index (χ4n) is 2.45. The number of ether oxygens (including phenoxy) is 2. The number of hydrogen-bond acceptors (Lipinski definition) is 6. The predicted molar refractivity (Wildman–Crippen MR) is 77.5 cm³/mol. The van der Waals surface area contributed by atoms with Crippen molar-refractivity contribution in [1.82, 2.24) is 4.90 Å². The number of nitro benzene ring substituents is 1. The van der Waals surface area contributed by atoms with Gasteiger partial charge in [0.2, 0.25) is 5.75 Å². The Morgan fingerprint density at radius 2 is 2.22 bits per heavy atom. The normalized spacial score (nSPS) is 16.9. The summed E-state index contributed by atoms with van der Waals surface area (Å²) in [7, 11) is 1.29.